The van der Waals surface area contributed by atoms with Crippen molar-refractivity contribution in [3.8, 4) is 0 Å². The smallest absolute Gasteiger partial charge is 0.353 e. The van der Waals surface area contributed by atoms with Crippen LogP contribution in [0.3, 0.4) is 0 Å². The molecule has 19 nitrogen and oxygen atoms in total. The second-order valence-corrected chi connectivity index (χ2v) is 12.6. The van der Waals surface area contributed by atoms with Crippen LogP contribution in [0.2, 0.25) is 0 Å². The molecule has 1 aromatic heterocycles. The number of hydrogen-bond donors (Lipinski definition) is 6. The Morgan fingerprint density at radius 2 is 1.93 bits per heavy atom. The van der Waals surface area contributed by atoms with Gasteiger partial charge in [0.15, 0.2) is 5.96 Å². The number of carbonyl (C=O) groups excluding carboxylic acids is 4. The van der Waals surface area contributed by atoms with Crippen LogP contribution < -0.4 is 27.4 Å². The van der Waals surface area contributed by atoms with Crippen LogP contribution in [0.15, 0.2) is 15.6 Å². The van der Waals surface area contributed by atoms with Crippen molar-refractivity contribution >= 4 is 47.3 Å². The SMILES string of the molecule is C[C@@H](NC(=O)Cn1nnnn1)[C@H]1C(=O)N2C(C(=O)O)=C(S[C@@H]3CN[C@H](C(=O)N4CC[C@@H](NC(=O)CN=C(N)N)C4)C3)[C@H](C)[C@H]12. The fraction of sp³-hybridized carbons (Fsp3) is 0.667. The van der Waals surface area contributed by atoms with E-state index in [0.717, 1.165) is 4.80 Å². The highest BCUT2D eigenvalue weighted by Crippen LogP contribution is 2.51. The normalized spacial score (nSPS) is 28.4. The van der Waals surface area contributed by atoms with Crippen LogP contribution >= 0.6 is 11.8 Å². The number of hydrogen-bond acceptors (Lipinski definition) is 12. The summed E-state index contributed by atoms with van der Waals surface area (Å²) in [6.07, 6.45) is 1.08. The average molecular weight is 634 g/mol. The van der Waals surface area contributed by atoms with Crippen molar-refractivity contribution in [1.29, 1.82) is 0 Å². The Morgan fingerprint density at radius 1 is 1.20 bits per heavy atom. The van der Waals surface area contributed by atoms with Gasteiger partial charge in [-0.1, -0.05) is 6.92 Å². The number of carbonyl (C=O) groups is 5. The number of amides is 4. The van der Waals surface area contributed by atoms with E-state index < -0.39 is 35.9 Å². The molecule has 4 aliphatic heterocycles. The van der Waals surface area contributed by atoms with Crippen molar-refractivity contribution in [3.63, 3.8) is 0 Å². The van der Waals surface area contributed by atoms with Gasteiger partial charge in [0.25, 0.3) is 0 Å². The number of nitrogens with one attached hydrogen (secondary N) is 3. The number of nitrogens with zero attached hydrogens (tertiary/aromatic N) is 8. The molecule has 0 radical (unpaired) electrons. The first kappa shape index (κ1) is 31.1. The third kappa shape index (κ3) is 6.30. The standard InChI is InChI=1S/C24H35N13O6S/c1-10-18-17(11(2)29-16(39)9-36-33-31-32-34-36)22(41)37(18)19(23(42)43)20(10)44-13-5-14(27-6-13)21(40)35-4-3-12(8-35)30-15(38)7-28-24(25)26/h10-14,17-18,27H,3-9H2,1-2H3,(H,29,39)(H,30,38)(H,42,43)(H4,25,26,28)/t10-,11-,12-,13+,14+,17-,18-/m1/s1. The number of aliphatic imine (C=N–C) groups is 1. The molecule has 238 valence electrons. The molecule has 7 atom stereocenters. The van der Waals surface area contributed by atoms with Crippen LogP contribution in [0.5, 0.6) is 0 Å². The fourth-order valence-electron chi connectivity index (χ4n) is 6.32. The summed E-state index contributed by atoms with van der Waals surface area (Å²) >= 11 is 1.38. The molecular formula is C24H35N13O6S. The molecule has 0 aliphatic carbocycles. The van der Waals surface area contributed by atoms with Crippen molar-refractivity contribution in [2.24, 2.45) is 28.3 Å². The predicted octanol–water partition coefficient (Wildman–Crippen LogP) is -4.20. The Hall–Kier alpha value is -4.33. The van der Waals surface area contributed by atoms with Crippen LogP contribution in [0, 0.1) is 11.8 Å². The molecule has 3 fully saturated rings. The van der Waals surface area contributed by atoms with Gasteiger partial charge in [-0.25, -0.2) is 9.79 Å². The van der Waals surface area contributed by atoms with E-state index in [1.54, 1.807) is 11.8 Å². The summed E-state index contributed by atoms with van der Waals surface area (Å²) in [7, 11) is 0. The summed E-state index contributed by atoms with van der Waals surface area (Å²) in [6, 6.07) is -1.64. The Balaban J connectivity index is 1.16. The average Bonchev–Trinajstić information content (AvgIpc) is 3.76. The molecule has 4 aliphatic rings. The molecule has 20 heteroatoms. The first-order valence-electron chi connectivity index (χ1n) is 14.2. The summed E-state index contributed by atoms with van der Waals surface area (Å²) in [6.45, 7) is 4.53. The molecule has 8 N–H and O–H groups in total. The maximum Gasteiger partial charge on any atom is 0.353 e. The van der Waals surface area contributed by atoms with E-state index in [0.29, 0.717) is 37.4 Å². The Bertz CT molecular complexity index is 1380. The van der Waals surface area contributed by atoms with E-state index >= 15 is 0 Å². The molecule has 0 unspecified atom stereocenters. The Kier molecular flexibility index (Phi) is 9.00. The Morgan fingerprint density at radius 3 is 2.61 bits per heavy atom. The van der Waals surface area contributed by atoms with Crippen LogP contribution in [0.4, 0.5) is 0 Å². The van der Waals surface area contributed by atoms with Gasteiger partial charge in [-0.3, -0.25) is 19.2 Å². The van der Waals surface area contributed by atoms with E-state index in [4.69, 9.17) is 11.5 Å². The van der Waals surface area contributed by atoms with Crippen LogP contribution in [0.25, 0.3) is 0 Å². The number of carboxylic acids is 1. The van der Waals surface area contributed by atoms with E-state index in [2.05, 4.69) is 41.8 Å². The molecule has 0 bridgehead atoms. The van der Waals surface area contributed by atoms with Gasteiger partial charge in [0, 0.05) is 47.8 Å². The van der Waals surface area contributed by atoms with E-state index in [1.807, 2.05) is 6.92 Å². The molecular weight excluding hydrogens is 598 g/mol. The van der Waals surface area contributed by atoms with Crippen molar-refractivity contribution in [3.05, 3.63) is 10.6 Å². The third-order valence-electron chi connectivity index (χ3n) is 8.28. The van der Waals surface area contributed by atoms with E-state index in [9.17, 15) is 29.1 Å². The lowest BCUT2D eigenvalue weighted by Gasteiger charge is -2.47. The maximum atomic E-state index is 13.3. The number of aliphatic carboxylic acids is 1. The van der Waals surface area contributed by atoms with Crippen molar-refractivity contribution in [1.82, 2.24) is 51.4 Å². The van der Waals surface area contributed by atoms with Gasteiger partial charge in [-0.2, -0.15) is 0 Å². The fourth-order valence-corrected chi connectivity index (χ4v) is 7.80. The quantitative estimate of drug-likeness (QED) is 0.0766. The number of β-lactam (4-membered cyclic amide) rings is 1. The highest BCUT2D eigenvalue weighted by molar-refractivity contribution is 8.03. The van der Waals surface area contributed by atoms with Gasteiger partial charge in [-0.05, 0) is 40.6 Å². The van der Waals surface area contributed by atoms with Crippen molar-refractivity contribution < 1.29 is 29.1 Å². The summed E-state index contributed by atoms with van der Waals surface area (Å²) < 4.78 is 0. The number of thioether (sulfide) groups is 1. The molecule has 0 saturated carbocycles. The minimum atomic E-state index is -1.20. The second kappa shape index (κ2) is 12.7. The first-order chi connectivity index (χ1) is 20.9. The number of fused-ring (bicyclic) bond motifs is 1. The summed E-state index contributed by atoms with van der Waals surface area (Å²) in [5, 5.41) is 32.6. The highest BCUT2D eigenvalue weighted by Gasteiger charge is 2.60. The number of aromatic nitrogens is 5. The molecule has 0 aromatic carbocycles. The monoisotopic (exact) mass is 633 g/mol. The van der Waals surface area contributed by atoms with E-state index in [1.165, 1.54) is 16.7 Å². The van der Waals surface area contributed by atoms with Gasteiger partial charge in [0.1, 0.15) is 18.8 Å². The lowest BCUT2D eigenvalue weighted by molar-refractivity contribution is -0.158. The first-order valence-corrected chi connectivity index (χ1v) is 15.0. The lowest BCUT2D eigenvalue weighted by atomic mass is 9.78. The lowest BCUT2D eigenvalue weighted by Crippen LogP contribution is -2.66. The van der Waals surface area contributed by atoms with Crippen molar-refractivity contribution in [2.75, 3.05) is 26.2 Å². The highest BCUT2D eigenvalue weighted by atomic mass is 32.2. The number of rotatable bonds is 11. The Labute approximate surface area is 255 Å². The molecule has 4 amide bonds. The molecule has 5 rings (SSSR count). The summed E-state index contributed by atoms with van der Waals surface area (Å²) in [4.78, 5) is 71.6. The molecule has 44 heavy (non-hydrogen) atoms. The third-order valence-corrected chi connectivity index (χ3v) is 9.79. The van der Waals surface area contributed by atoms with Gasteiger partial charge in [0.2, 0.25) is 23.6 Å². The number of nitrogens with two attached hydrogens (primary N) is 2. The predicted molar refractivity (Wildman–Crippen MR) is 153 cm³/mol. The molecule has 3 saturated heterocycles. The molecule has 5 heterocycles. The zero-order valence-electron chi connectivity index (χ0n) is 24.1. The minimum absolute atomic E-state index is 0.0428. The van der Waals surface area contributed by atoms with Crippen molar-refractivity contribution in [2.45, 2.75) is 62.7 Å². The van der Waals surface area contributed by atoms with Gasteiger partial charge >= 0.3 is 5.97 Å². The van der Waals surface area contributed by atoms with Gasteiger partial charge in [-0.15, -0.1) is 16.6 Å². The van der Waals surface area contributed by atoms with Gasteiger partial charge in [0.05, 0.1) is 18.0 Å². The topological polar surface area (TPSA) is 269 Å². The largest absolute Gasteiger partial charge is 0.477 e. The van der Waals surface area contributed by atoms with Crippen LogP contribution in [-0.4, -0.2) is 132 Å². The van der Waals surface area contributed by atoms with Gasteiger partial charge < -0.3 is 42.3 Å². The maximum absolute atomic E-state index is 13.3. The van der Waals surface area contributed by atoms with Crippen LogP contribution in [-0.2, 0) is 30.5 Å². The number of guanidine groups is 1. The summed E-state index contributed by atoms with van der Waals surface area (Å²) in [5.41, 5.74) is 10.5. The van der Waals surface area contributed by atoms with Crippen LogP contribution in [0.1, 0.15) is 26.7 Å². The molecule has 1 aromatic rings. The second-order valence-electron chi connectivity index (χ2n) is 11.3. The zero-order chi connectivity index (χ0) is 31.7. The zero-order valence-corrected chi connectivity index (χ0v) is 24.9. The summed E-state index contributed by atoms with van der Waals surface area (Å²) in [5.74, 6) is -3.47. The number of carboxylic acid groups (broad SMARTS) is 1. The number of likely N-dealkylation sites (tertiary alicyclic amines) is 1. The minimum Gasteiger partial charge on any atom is -0.477 e. The van der Waals surface area contributed by atoms with E-state index in [-0.39, 0.29) is 59.7 Å². The molecule has 0 spiro atoms.